The zero-order chi connectivity index (χ0) is 23.7. The molecule has 170 valence electrons. The fourth-order valence-electron chi connectivity index (χ4n) is 3.46. The molecule has 1 fully saturated rings. The van der Waals surface area contributed by atoms with Crippen LogP contribution in [0.5, 0.6) is 11.5 Å². The molecule has 0 radical (unpaired) electrons. The van der Waals surface area contributed by atoms with Gasteiger partial charge in [0.1, 0.15) is 12.4 Å². The molecule has 9 heteroatoms. The summed E-state index contributed by atoms with van der Waals surface area (Å²) in [5, 5.41) is 1.52. The van der Waals surface area contributed by atoms with Crippen molar-refractivity contribution >= 4 is 56.2 Å². The van der Waals surface area contributed by atoms with Crippen molar-refractivity contribution in [3.63, 3.8) is 0 Å². The SMILES string of the molecule is COc1cc(/C=C2/SC(=S)N(n3c(C)ccc3C)C2=O)cc(Br)c1OCc1ccc(F)cc1. The average molecular weight is 547 g/mol. The van der Waals surface area contributed by atoms with E-state index in [4.69, 9.17) is 21.7 Å². The number of amides is 1. The number of carbonyl (C=O) groups is 1. The third-order valence-electron chi connectivity index (χ3n) is 5.05. The van der Waals surface area contributed by atoms with Crippen molar-refractivity contribution < 1.29 is 18.7 Å². The third kappa shape index (κ3) is 4.85. The number of rotatable bonds is 6. The Labute approximate surface area is 209 Å². The van der Waals surface area contributed by atoms with Gasteiger partial charge >= 0.3 is 0 Å². The highest BCUT2D eigenvalue weighted by atomic mass is 79.9. The minimum atomic E-state index is -0.297. The van der Waals surface area contributed by atoms with E-state index in [1.807, 2.05) is 36.7 Å². The lowest BCUT2D eigenvalue weighted by molar-refractivity contribution is -0.114. The van der Waals surface area contributed by atoms with Crippen LogP contribution in [0.3, 0.4) is 0 Å². The molecule has 0 N–H and O–H groups in total. The van der Waals surface area contributed by atoms with E-state index in [1.54, 1.807) is 31.4 Å². The van der Waals surface area contributed by atoms with Crippen molar-refractivity contribution in [3.8, 4) is 11.5 Å². The van der Waals surface area contributed by atoms with E-state index in [9.17, 15) is 9.18 Å². The lowest BCUT2D eigenvalue weighted by Crippen LogP contribution is -2.39. The zero-order valence-corrected chi connectivity index (χ0v) is 21.3. The van der Waals surface area contributed by atoms with E-state index in [0.29, 0.717) is 25.2 Å². The van der Waals surface area contributed by atoms with Crippen LogP contribution in [0.4, 0.5) is 4.39 Å². The predicted octanol–water partition coefficient (Wildman–Crippen LogP) is 6.13. The Hall–Kier alpha value is -2.62. The summed E-state index contributed by atoms with van der Waals surface area (Å²) in [6.07, 6.45) is 1.78. The molecule has 1 saturated heterocycles. The van der Waals surface area contributed by atoms with E-state index in [0.717, 1.165) is 22.5 Å². The molecule has 3 aromatic rings. The smallest absolute Gasteiger partial charge is 0.285 e. The topological polar surface area (TPSA) is 43.7 Å². The van der Waals surface area contributed by atoms with Gasteiger partial charge < -0.3 is 9.47 Å². The van der Waals surface area contributed by atoms with Crippen molar-refractivity contribution in [1.82, 2.24) is 4.68 Å². The molecule has 0 atom stereocenters. The van der Waals surface area contributed by atoms with Crippen molar-refractivity contribution in [2.45, 2.75) is 20.5 Å². The first kappa shape index (κ1) is 23.5. The minimum absolute atomic E-state index is 0.181. The first-order valence-corrected chi connectivity index (χ1v) is 12.0. The van der Waals surface area contributed by atoms with Gasteiger partial charge in [0.2, 0.25) is 0 Å². The Morgan fingerprint density at radius 3 is 2.42 bits per heavy atom. The number of benzene rings is 2. The van der Waals surface area contributed by atoms with Crippen LogP contribution in [0.2, 0.25) is 0 Å². The molecular formula is C24H20BrFN2O3S2. The zero-order valence-electron chi connectivity index (χ0n) is 18.1. The molecule has 0 bridgehead atoms. The summed E-state index contributed by atoms with van der Waals surface area (Å²) < 4.78 is 27.5. The molecule has 5 nitrogen and oxygen atoms in total. The lowest BCUT2D eigenvalue weighted by Gasteiger charge is -2.20. The lowest BCUT2D eigenvalue weighted by atomic mass is 10.1. The molecule has 1 aromatic heterocycles. The van der Waals surface area contributed by atoms with Gasteiger partial charge in [-0.2, -0.15) is 5.01 Å². The van der Waals surface area contributed by atoms with Gasteiger partial charge in [0.15, 0.2) is 15.8 Å². The third-order valence-corrected chi connectivity index (χ3v) is 6.93. The van der Waals surface area contributed by atoms with Gasteiger partial charge in [-0.3, -0.25) is 9.47 Å². The summed E-state index contributed by atoms with van der Waals surface area (Å²) in [6, 6.07) is 13.7. The molecule has 0 spiro atoms. The molecule has 1 amide bonds. The van der Waals surface area contributed by atoms with Crippen molar-refractivity contribution in [2.24, 2.45) is 0 Å². The van der Waals surface area contributed by atoms with Gasteiger partial charge in [-0.25, -0.2) is 4.39 Å². The Bertz CT molecular complexity index is 1250. The van der Waals surface area contributed by atoms with Crippen molar-refractivity contribution in [2.75, 3.05) is 12.1 Å². The fraction of sp³-hybridized carbons (Fsp3) is 0.167. The van der Waals surface area contributed by atoms with Gasteiger partial charge in [-0.1, -0.05) is 23.9 Å². The summed E-state index contributed by atoms with van der Waals surface area (Å²) in [5.41, 5.74) is 3.44. The number of aryl methyl sites for hydroxylation is 2. The van der Waals surface area contributed by atoms with Crippen LogP contribution in [0.1, 0.15) is 22.5 Å². The predicted molar refractivity (Wildman–Crippen MR) is 137 cm³/mol. The average Bonchev–Trinajstić information content (AvgIpc) is 3.24. The van der Waals surface area contributed by atoms with E-state index in [-0.39, 0.29) is 18.3 Å². The van der Waals surface area contributed by atoms with E-state index >= 15 is 0 Å². The molecular weight excluding hydrogens is 527 g/mol. The molecule has 0 saturated carbocycles. The number of thiocarbonyl (C=S) groups is 1. The summed E-state index contributed by atoms with van der Waals surface area (Å²) in [5.74, 6) is 0.545. The quantitative estimate of drug-likeness (QED) is 0.275. The molecule has 0 aliphatic carbocycles. The number of halogens is 2. The van der Waals surface area contributed by atoms with E-state index in [2.05, 4.69) is 15.9 Å². The number of aromatic nitrogens is 1. The molecule has 2 heterocycles. The van der Waals surface area contributed by atoms with Crippen LogP contribution in [0.25, 0.3) is 6.08 Å². The molecule has 2 aromatic carbocycles. The van der Waals surface area contributed by atoms with Crippen LogP contribution in [-0.4, -0.2) is 22.0 Å². The summed E-state index contributed by atoms with van der Waals surface area (Å²) in [6.45, 7) is 4.12. The second-order valence-corrected chi connectivity index (χ2v) is 9.90. The van der Waals surface area contributed by atoms with Gasteiger partial charge in [0.25, 0.3) is 5.91 Å². The highest BCUT2D eigenvalue weighted by molar-refractivity contribution is 9.10. The molecule has 1 aliphatic heterocycles. The van der Waals surface area contributed by atoms with Crippen LogP contribution in [-0.2, 0) is 11.4 Å². The van der Waals surface area contributed by atoms with Crippen LogP contribution >= 0.6 is 39.9 Å². The Balaban J connectivity index is 1.59. The summed E-state index contributed by atoms with van der Waals surface area (Å²) >= 11 is 10.3. The highest BCUT2D eigenvalue weighted by Crippen LogP contribution is 2.39. The second-order valence-electron chi connectivity index (χ2n) is 7.37. The maximum atomic E-state index is 13.1. The highest BCUT2D eigenvalue weighted by Gasteiger charge is 2.34. The second kappa shape index (κ2) is 9.70. The first-order valence-electron chi connectivity index (χ1n) is 9.96. The standard InChI is InChI=1S/C24H20BrFN2O3S2/c1-14-4-5-15(2)27(14)28-23(29)21(33-24(28)32)12-17-10-19(25)22(20(11-17)30-3)31-13-16-6-8-18(26)9-7-16/h4-12H,13H2,1-3H3/b21-12+. The number of hydrogen-bond acceptors (Lipinski definition) is 5. The van der Waals surface area contributed by atoms with E-state index < -0.39 is 0 Å². The van der Waals surface area contributed by atoms with Crippen molar-refractivity contribution in [3.05, 3.63) is 86.2 Å². The molecule has 4 rings (SSSR count). The monoisotopic (exact) mass is 546 g/mol. The summed E-state index contributed by atoms with van der Waals surface area (Å²) in [7, 11) is 1.55. The van der Waals surface area contributed by atoms with Gasteiger partial charge in [0.05, 0.1) is 16.5 Å². The number of ether oxygens (including phenoxy) is 2. The Kier molecular flexibility index (Phi) is 6.92. The van der Waals surface area contributed by atoms with Gasteiger partial charge in [-0.05, 0) is 95.6 Å². The van der Waals surface area contributed by atoms with Gasteiger partial charge in [0, 0.05) is 11.4 Å². The minimum Gasteiger partial charge on any atom is -0.493 e. The fourth-order valence-corrected chi connectivity index (χ4v) is 5.27. The molecule has 0 unspecified atom stereocenters. The normalized spacial score (nSPS) is 14.9. The number of thioether (sulfide) groups is 1. The largest absolute Gasteiger partial charge is 0.493 e. The Morgan fingerprint density at radius 2 is 1.79 bits per heavy atom. The van der Waals surface area contributed by atoms with Gasteiger partial charge in [-0.15, -0.1) is 0 Å². The first-order chi connectivity index (χ1) is 15.8. The van der Waals surface area contributed by atoms with E-state index in [1.165, 1.54) is 28.9 Å². The number of hydrogen-bond donors (Lipinski definition) is 0. The van der Waals surface area contributed by atoms with Crippen LogP contribution in [0, 0.1) is 19.7 Å². The number of methoxy groups -OCH3 is 1. The van der Waals surface area contributed by atoms with Crippen molar-refractivity contribution in [1.29, 1.82) is 0 Å². The maximum absolute atomic E-state index is 13.1. The molecule has 1 aliphatic rings. The van der Waals surface area contributed by atoms with Crippen LogP contribution < -0.4 is 14.5 Å². The molecule has 33 heavy (non-hydrogen) atoms. The summed E-state index contributed by atoms with van der Waals surface area (Å²) in [4.78, 5) is 13.7. The van der Waals surface area contributed by atoms with Crippen LogP contribution in [0.15, 0.2) is 57.9 Å². The number of nitrogens with zero attached hydrogens (tertiary/aromatic N) is 2. The maximum Gasteiger partial charge on any atom is 0.285 e. The number of carbonyl (C=O) groups excluding carboxylic acids is 1. The Morgan fingerprint density at radius 1 is 1.12 bits per heavy atom.